The van der Waals surface area contributed by atoms with Gasteiger partial charge in [-0.15, -0.1) is 0 Å². The van der Waals surface area contributed by atoms with Crippen LogP contribution in [0.1, 0.15) is 5.56 Å². The summed E-state index contributed by atoms with van der Waals surface area (Å²) in [5, 5.41) is 11.3. The molecular weight excluding hydrogens is 224 g/mol. The Hall–Kier alpha value is -2.37. The number of aryl methyl sites for hydroxylation is 1. The van der Waals surface area contributed by atoms with Crippen LogP contribution in [0.5, 0.6) is 0 Å². The van der Waals surface area contributed by atoms with Gasteiger partial charge in [-0.05, 0) is 18.6 Å². The quantitative estimate of drug-likeness (QED) is 0.822. The highest BCUT2D eigenvalue weighted by Gasteiger charge is 2.08. The van der Waals surface area contributed by atoms with Gasteiger partial charge in [-0.2, -0.15) is 4.98 Å². The highest BCUT2D eigenvalue weighted by Crippen LogP contribution is 2.17. The molecule has 0 saturated carbocycles. The van der Waals surface area contributed by atoms with Crippen LogP contribution in [-0.2, 0) is 4.79 Å². The Labute approximate surface area is 95.9 Å². The lowest BCUT2D eigenvalue weighted by Gasteiger charge is -2.04. The van der Waals surface area contributed by atoms with Gasteiger partial charge in [0.2, 0.25) is 0 Å². The van der Waals surface area contributed by atoms with Crippen LogP contribution >= 0.6 is 0 Å². The summed E-state index contributed by atoms with van der Waals surface area (Å²) < 4.78 is 5.34. The molecule has 0 fully saturated rings. The molecule has 88 valence electrons. The number of carbonyl (C=O) groups is 1. The number of hydrogen-bond donors (Lipinski definition) is 2. The minimum atomic E-state index is -1.06. The average molecular weight is 234 g/mol. The van der Waals surface area contributed by atoms with Gasteiger partial charge in [-0.25, -0.2) is 0 Å². The van der Waals surface area contributed by atoms with Crippen molar-refractivity contribution in [2.24, 2.45) is 0 Å². The monoisotopic (exact) mass is 234 g/mol. The Bertz CT molecular complexity index is 633. The number of anilines is 1. The van der Waals surface area contributed by atoms with E-state index in [4.69, 9.17) is 9.52 Å². The zero-order valence-corrected chi connectivity index (χ0v) is 9.06. The first kappa shape index (κ1) is 11.1. The predicted octanol–water partition coefficient (Wildman–Crippen LogP) is 0.993. The number of para-hydroxylation sites is 1. The van der Waals surface area contributed by atoms with Gasteiger partial charge in [-0.1, -0.05) is 12.1 Å². The number of fused-ring (bicyclic) bond motifs is 1. The number of hydrogen-bond acceptors (Lipinski definition) is 5. The number of aliphatic carboxylic acids is 1. The second-order valence-electron chi connectivity index (χ2n) is 3.52. The molecule has 17 heavy (non-hydrogen) atoms. The molecule has 2 rings (SSSR count). The van der Waals surface area contributed by atoms with Crippen molar-refractivity contribution < 1.29 is 14.3 Å². The Kier molecular flexibility index (Phi) is 2.78. The van der Waals surface area contributed by atoms with Crippen LogP contribution in [0.2, 0.25) is 0 Å². The third-order valence-corrected chi connectivity index (χ3v) is 2.23. The first-order valence-electron chi connectivity index (χ1n) is 4.94. The molecule has 0 amide bonds. The van der Waals surface area contributed by atoms with Gasteiger partial charge >= 0.3 is 5.97 Å². The van der Waals surface area contributed by atoms with Crippen LogP contribution in [-0.4, -0.2) is 22.6 Å². The molecule has 0 unspecified atom stereocenters. The molecule has 2 aromatic rings. The Balaban J connectivity index is 2.50. The lowest BCUT2D eigenvalue weighted by molar-refractivity contribution is -0.134. The zero-order valence-electron chi connectivity index (χ0n) is 9.06. The van der Waals surface area contributed by atoms with Gasteiger partial charge in [0, 0.05) is 0 Å². The van der Waals surface area contributed by atoms with E-state index >= 15 is 0 Å². The summed E-state index contributed by atoms with van der Waals surface area (Å²) in [7, 11) is 0. The van der Waals surface area contributed by atoms with Crippen LogP contribution in [0.3, 0.4) is 0 Å². The summed E-state index contributed by atoms with van der Waals surface area (Å²) >= 11 is 0. The summed E-state index contributed by atoms with van der Waals surface area (Å²) in [6.07, 6.45) is 0. The smallest absolute Gasteiger partial charge is 0.323 e. The van der Waals surface area contributed by atoms with E-state index in [9.17, 15) is 9.59 Å². The molecule has 1 heterocycles. The molecule has 0 saturated heterocycles. The highest BCUT2D eigenvalue weighted by atomic mass is 16.4. The van der Waals surface area contributed by atoms with E-state index in [1.807, 2.05) is 0 Å². The fraction of sp³-hybridized carbons (Fsp3) is 0.182. The van der Waals surface area contributed by atoms with Gasteiger partial charge in [0.05, 0.1) is 5.39 Å². The molecule has 2 N–H and O–H groups in total. The number of carboxylic acids is 1. The van der Waals surface area contributed by atoms with Crippen molar-refractivity contribution in [1.82, 2.24) is 4.98 Å². The van der Waals surface area contributed by atoms with Crippen molar-refractivity contribution >= 4 is 23.0 Å². The normalized spacial score (nSPS) is 10.4. The fourth-order valence-electron chi connectivity index (χ4n) is 1.46. The molecule has 0 spiro atoms. The number of nitrogens with zero attached hydrogens (tertiary/aromatic N) is 1. The minimum Gasteiger partial charge on any atom is -0.480 e. The molecule has 0 radical (unpaired) electrons. The summed E-state index contributed by atoms with van der Waals surface area (Å²) in [4.78, 5) is 25.6. The third-order valence-electron chi connectivity index (χ3n) is 2.23. The zero-order chi connectivity index (χ0) is 12.4. The number of carboxylic acid groups (broad SMARTS) is 1. The Morgan fingerprint density at radius 1 is 1.53 bits per heavy atom. The Morgan fingerprint density at radius 3 is 3.00 bits per heavy atom. The van der Waals surface area contributed by atoms with E-state index in [2.05, 4.69) is 10.3 Å². The van der Waals surface area contributed by atoms with Gasteiger partial charge < -0.3 is 14.8 Å². The van der Waals surface area contributed by atoms with E-state index < -0.39 is 11.5 Å². The molecule has 1 aromatic carbocycles. The number of benzene rings is 1. The molecule has 0 aliphatic heterocycles. The van der Waals surface area contributed by atoms with Gasteiger partial charge in [0.15, 0.2) is 0 Å². The van der Waals surface area contributed by atoms with Crippen molar-refractivity contribution in [3.8, 4) is 0 Å². The lowest BCUT2D eigenvalue weighted by atomic mass is 10.2. The second-order valence-corrected chi connectivity index (χ2v) is 3.52. The largest absolute Gasteiger partial charge is 0.480 e. The number of nitrogens with one attached hydrogen (secondary N) is 1. The Morgan fingerprint density at radius 2 is 2.29 bits per heavy atom. The van der Waals surface area contributed by atoms with Crippen LogP contribution in [0.4, 0.5) is 6.01 Å². The number of rotatable bonds is 3. The molecular formula is C11H10N2O4. The molecule has 0 aliphatic rings. The van der Waals surface area contributed by atoms with Crippen molar-refractivity contribution in [3.63, 3.8) is 0 Å². The first-order valence-corrected chi connectivity index (χ1v) is 4.94. The second kappa shape index (κ2) is 4.25. The standard InChI is InChI=1S/C11H10N2O4/c1-6-3-2-4-7-9(6)17-11(13-10(7)16)12-5-8(14)15/h2-4H,5H2,1H3,(H,14,15)(H,12,13,16). The fourth-order valence-corrected chi connectivity index (χ4v) is 1.46. The first-order chi connectivity index (χ1) is 8.08. The van der Waals surface area contributed by atoms with Crippen LogP contribution in [0.15, 0.2) is 27.4 Å². The SMILES string of the molecule is Cc1cccc2c(=O)nc(NCC(=O)O)oc12. The van der Waals surface area contributed by atoms with Crippen molar-refractivity contribution in [3.05, 3.63) is 34.1 Å². The van der Waals surface area contributed by atoms with Gasteiger partial charge in [0.25, 0.3) is 11.6 Å². The topological polar surface area (TPSA) is 92.4 Å². The van der Waals surface area contributed by atoms with Crippen LogP contribution in [0.25, 0.3) is 11.0 Å². The van der Waals surface area contributed by atoms with E-state index in [1.54, 1.807) is 25.1 Å². The van der Waals surface area contributed by atoms with Gasteiger partial charge in [-0.3, -0.25) is 9.59 Å². The van der Waals surface area contributed by atoms with Crippen LogP contribution in [0, 0.1) is 6.92 Å². The molecule has 1 aromatic heterocycles. The molecule has 0 aliphatic carbocycles. The minimum absolute atomic E-state index is 0.0841. The number of aromatic nitrogens is 1. The van der Waals surface area contributed by atoms with Gasteiger partial charge in [0.1, 0.15) is 12.1 Å². The maximum atomic E-state index is 11.6. The van der Waals surface area contributed by atoms with E-state index in [-0.39, 0.29) is 12.6 Å². The molecule has 0 atom stereocenters. The molecule has 0 bridgehead atoms. The molecule has 6 heteroatoms. The summed E-state index contributed by atoms with van der Waals surface area (Å²) in [5.74, 6) is -1.06. The molecule has 6 nitrogen and oxygen atoms in total. The van der Waals surface area contributed by atoms with Crippen LogP contribution < -0.4 is 10.9 Å². The maximum absolute atomic E-state index is 11.6. The van der Waals surface area contributed by atoms with E-state index in [0.29, 0.717) is 11.0 Å². The predicted molar refractivity (Wildman–Crippen MR) is 61.1 cm³/mol. The highest BCUT2D eigenvalue weighted by molar-refractivity contribution is 5.79. The summed E-state index contributed by atoms with van der Waals surface area (Å²) in [5.41, 5.74) is 0.767. The lowest BCUT2D eigenvalue weighted by Crippen LogP contribution is -2.16. The van der Waals surface area contributed by atoms with E-state index in [0.717, 1.165) is 5.56 Å². The van der Waals surface area contributed by atoms with Crippen molar-refractivity contribution in [1.29, 1.82) is 0 Å². The third kappa shape index (κ3) is 2.25. The summed E-state index contributed by atoms with van der Waals surface area (Å²) in [6.45, 7) is 1.44. The van der Waals surface area contributed by atoms with Crippen molar-refractivity contribution in [2.45, 2.75) is 6.92 Å². The maximum Gasteiger partial charge on any atom is 0.323 e. The van der Waals surface area contributed by atoms with E-state index in [1.165, 1.54) is 0 Å². The summed E-state index contributed by atoms with van der Waals surface area (Å²) in [6, 6.07) is 5.06. The average Bonchev–Trinajstić information content (AvgIpc) is 2.28. The van der Waals surface area contributed by atoms with Crippen molar-refractivity contribution in [2.75, 3.05) is 11.9 Å².